The summed E-state index contributed by atoms with van der Waals surface area (Å²) in [4.78, 5) is 6.44. The molecule has 0 radical (unpaired) electrons. The molecule has 0 amide bonds. The van der Waals surface area contributed by atoms with E-state index in [1.165, 1.54) is 0 Å². The fourth-order valence-electron chi connectivity index (χ4n) is 2.38. The molecular formula is C15H19N3O3. The number of ether oxygens (including phenoxy) is 1. The molecule has 6 heteroatoms. The van der Waals surface area contributed by atoms with Crippen molar-refractivity contribution in [1.82, 2.24) is 10.1 Å². The van der Waals surface area contributed by atoms with Crippen molar-refractivity contribution < 1.29 is 14.4 Å². The minimum Gasteiger partial charge on any atom is -0.388 e. The van der Waals surface area contributed by atoms with E-state index < -0.39 is 6.10 Å². The van der Waals surface area contributed by atoms with Crippen LogP contribution >= 0.6 is 0 Å². The summed E-state index contributed by atoms with van der Waals surface area (Å²) in [6.07, 6.45) is -0.663. The molecule has 0 saturated carbocycles. The van der Waals surface area contributed by atoms with Crippen LogP contribution in [0.3, 0.4) is 0 Å². The van der Waals surface area contributed by atoms with E-state index in [4.69, 9.17) is 9.26 Å². The lowest BCUT2D eigenvalue weighted by molar-refractivity contribution is 0.121. The Hall–Kier alpha value is -1.92. The fraction of sp³-hybridized carbons (Fsp3) is 0.467. The third-order valence-corrected chi connectivity index (χ3v) is 3.73. The highest BCUT2D eigenvalue weighted by molar-refractivity contribution is 5.29. The number of aromatic nitrogens is 2. The lowest BCUT2D eigenvalue weighted by Gasteiger charge is -2.24. The number of rotatable bonds is 4. The minimum absolute atomic E-state index is 0.255. The maximum atomic E-state index is 10.4. The first-order chi connectivity index (χ1) is 10.3. The number of hydrogen-bond acceptors (Lipinski definition) is 6. The van der Waals surface area contributed by atoms with Gasteiger partial charge in [0.1, 0.15) is 0 Å². The van der Waals surface area contributed by atoms with Crippen molar-refractivity contribution in [1.29, 1.82) is 0 Å². The Labute approximate surface area is 123 Å². The van der Waals surface area contributed by atoms with Gasteiger partial charge in [-0.1, -0.05) is 37.3 Å². The van der Waals surface area contributed by atoms with Crippen LogP contribution in [0.1, 0.15) is 30.4 Å². The van der Waals surface area contributed by atoms with E-state index in [0.717, 1.165) is 18.7 Å². The Kier molecular flexibility index (Phi) is 4.17. The van der Waals surface area contributed by atoms with Crippen molar-refractivity contribution >= 4 is 5.95 Å². The van der Waals surface area contributed by atoms with Gasteiger partial charge in [-0.15, -0.1) is 0 Å². The van der Waals surface area contributed by atoms with Gasteiger partial charge in [0.2, 0.25) is 5.89 Å². The van der Waals surface area contributed by atoms with Gasteiger partial charge < -0.3 is 19.3 Å². The number of aliphatic hydroxyl groups excluding tert-OH is 1. The lowest BCUT2D eigenvalue weighted by Crippen LogP contribution is -2.36. The first-order valence-electron chi connectivity index (χ1n) is 7.15. The van der Waals surface area contributed by atoms with Gasteiger partial charge in [-0.25, -0.2) is 0 Å². The van der Waals surface area contributed by atoms with Crippen LogP contribution in [0.2, 0.25) is 0 Å². The molecule has 2 atom stereocenters. The molecule has 0 bridgehead atoms. The second-order valence-electron chi connectivity index (χ2n) is 5.18. The van der Waals surface area contributed by atoms with Crippen LogP contribution in [0.25, 0.3) is 0 Å². The van der Waals surface area contributed by atoms with Crippen molar-refractivity contribution in [3.05, 3.63) is 41.8 Å². The van der Waals surface area contributed by atoms with Crippen LogP contribution < -0.4 is 4.90 Å². The predicted molar refractivity (Wildman–Crippen MR) is 77.1 cm³/mol. The average Bonchev–Trinajstić information content (AvgIpc) is 3.05. The summed E-state index contributed by atoms with van der Waals surface area (Å²) in [5.74, 6) is 0.767. The molecule has 6 nitrogen and oxygen atoms in total. The first kappa shape index (κ1) is 14.0. The number of morpholine rings is 1. The second kappa shape index (κ2) is 6.24. The molecule has 1 aromatic heterocycles. The molecule has 0 spiro atoms. The molecule has 1 fully saturated rings. The van der Waals surface area contributed by atoms with Crippen molar-refractivity contribution in [2.24, 2.45) is 0 Å². The summed E-state index contributed by atoms with van der Waals surface area (Å²) in [6, 6.07) is 9.50. The van der Waals surface area contributed by atoms with E-state index in [9.17, 15) is 5.11 Å². The molecule has 2 unspecified atom stereocenters. The molecule has 3 rings (SSSR count). The topological polar surface area (TPSA) is 71.6 Å². The number of nitrogens with zero attached hydrogens (tertiary/aromatic N) is 3. The summed E-state index contributed by atoms with van der Waals surface area (Å²) in [6.45, 7) is 4.75. The van der Waals surface area contributed by atoms with Gasteiger partial charge in [0.15, 0.2) is 0 Å². The molecule has 21 heavy (non-hydrogen) atoms. The second-order valence-corrected chi connectivity index (χ2v) is 5.18. The molecule has 112 valence electrons. The highest BCUT2D eigenvalue weighted by atomic mass is 16.5. The molecule has 2 aromatic rings. The van der Waals surface area contributed by atoms with E-state index in [1.807, 2.05) is 42.2 Å². The van der Waals surface area contributed by atoms with Gasteiger partial charge in [0.25, 0.3) is 5.95 Å². The van der Waals surface area contributed by atoms with Crippen molar-refractivity contribution in [2.75, 3.05) is 31.2 Å². The number of benzene rings is 1. The van der Waals surface area contributed by atoms with Gasteiger partial charge in [-0.2, -0.15) is 4.98 Å². The van der Waals surface area contributed by atoms with E-state index in [0.29, 0.717) is 25.1 Å². The largest absolute Gasteiger partial charge is 0.388 e. The summed E-state index contributed by atoms with van der Waals surface area (Å²) < 4.78 is 10.6. The Morgan fingerprint density at radius 3 is 2.62 bits per heavy atom. The van der Waals surface area contributed by atoms with Crippen LogP contribution in [-0.2, 0) is 4.74 Å². The van der Waals surface area contributed by atoms with Crippen molar-refractivity contribution in [3.63, 3.8) is 0 Å². The Morgan fingerprint density at radius 2 is 1.90 bits per heavy atom. The Morgan fingerprint density at radius 1 is 1.19 bits per heavy atom. The Balaban J connectivity index is 1.73. The molecular weight excluding hydrogens is 270 g/mol. The maximum absolute atomic E-state index is 10.4. The summed E-state index contributed by atoms with van der Waals surface area (Å²) in [7, 11) is 0. The van der Waals surface area contributed by atoms with E-state index >= 15 is 0 Å². The van der Waals surface area contributed by atoms with Crippen LogP contribution in [0.5, 0.6) is 0 Å². The first-order valence-corrected chi connectivity index (χ1v) is 7.15. The molecule has 1 N–H and O–H groups in total. The summed E-state index contributed by atoms with van der Waals surface area (Å²) >= 11 is 0. The van der Waals surface area contributed by atoms with Crippen LogP contribution in [0.15, 0.2) is 34.9 Å². The van der Waals surface area contributed by atoms with Gasteiger partial charge in [-0.05, 0) is 10.7 Å². The molecule has 1 aliphatic rings. The normalized spacial score (nSPS) is 18.5. The molecule has 1 aromatic carbocycles. The smallest absolute Gasteiger partial charge is 0.266 e. The van der Waals surface area contributed by atoms with Crippen molar-refractivity contribution in [3.8, 4) is 0 Å². The lowest BCUT2D eigenvalue weighted by atomic mass is 9.97. The van der Waals surface area contributed by atoms with Gasteiger partial charge >= 0.3 is 0 Å². The number of hydrogen-bond donors (Lipinski definition) is 1. The SMILES string of the molecule is CC(c1nc(N2CCOCC2)no1)C(O)c1ccccc1. The van der Waals surface area contributed by atoms with Crippen LogP contribution in [0.4, 0.5) is 5.95 Å². The Bertz CT molecular complexity index is 567. The minimum atomic E-state index is -0.663. The zero-order chi connectivity index (χ0) is 14.7. The monoisotopic (exact) mass is 289 g/mol. The quantitative estimate of drug-likeness (QED) is 0.924. The molecule has 1 saturated heterocycles. The number of anilines is 1. The third-order valence-electron chi connectivity index (χ3n) is 3.73. The van der Waals surface area contributed by atoms with Crippen LogP contribution in [-0.4, -0.2) is 41.6 Å². The van der Waals surface area contributed by atoms with E-state index in [-0.39, 0.29) is 5.92 Å². The van der Waals surface area contributed by atoms with Gasteiger partial charge in [-0.3, -0.25) is 0 Å². The predicted octanol–water partition coefficient (Wildman–Crippen LogP) is 1.74. The van der Waals surface area contributed by atoms with Gasteiger partial charge in [0, 0.05) is 13.1 Å². The van der Waals surface area contributed by atoms with E-state index in [2.05, 4.69) is 10.1 Å². The maximum Gasteiger partial charge on any atom is 0.266 e. The fourth-order valence-corrected chi connectivity index (χ4v) is 2.38. The summed E-state index contributed by atoms with van der Waals surface area (Å²) in [5, 5.41) is 14.4. The zero-order valence-electron chi connectivity index (χ0n) is 12.0. The van der Waals surface area contributed by atoms with E-state index in [1.54, 1.807) is 0 Å². The number of aliphatic hydroxyl groups is 1. The highest BCUT2D eigenvalue weighted by Gasteiger charge is 2.25. The third kappa shape index (κ3) is 3.06. The van der Waals surface area contributed by atoms with Crippen LogP contribution in [0, 0.1) is 0 Å². The molecule has 1 aliphatic heterocycles. The molecule has 2 heterocycles. The zero-order valence-corrected chi connectivity index (χ0v) is 12.0. The standard InChI is InChI=1S/C15H19N3O3/c1-11(13(19)12-5-3-2-4-6-12)14-16-15(17-21-14)18-7-9-20-10-8-18/h2-6,11,13,19H,7-10H2,1H3. The highest BCUT2D eigenvalue weighted by Crippen LogP contribution is 2.30. The van der Waals surface area contributed by atoms with Gasteiger partial charge in [0.05, 0.1) is 25.2 Å². The molecule has 0 aliphatic carbocycles. The summed E-state index contributed by atoms with van der Waals surface area (Å²) in [5.41, 5.74) is 0.844. The average molecular weight is 289 g/mol. The van der Waals surface area contributed by atoms with Crippen molar-refractivity contribution in [2.45, 2.75) is 18.9 Å².